The van der Waals surface area contributed by atoms with Crippen molar-refractivity contribution >= 4 is 50.0 Å². The summed E-state index contributed by atoms with van der Waals surface area (Å²) in [6.07, 6.45) is 2.80. The number of Topliss-reactive ketones (excluding diaryl/α,β-unsaturated/α-hetero) is 1. The normalized spacial score (nSPS) is 17.6. The number of rotatable bonds is 4. The highest BCUT2D eigenvalue weighted by Crippen LogP contribution is 2.44. The number of carbonyl (C=O) groups is 2. The molecule has 2 heterocycles. The number of amides is 1. The van der Waals surface area contributed by atoms with Crippen LogP contribution in [0.3, 0.4) is 0 Å². The second-order valence-corrected chi connectivity index (χ2v) is 9.32. The Balaban J connectivity index is 1.78. The Bertz CT molecular complexity index is 1450. The van der Waals surface area contributed by atoms with Gasteiger partial charge in [-0.15, -0.1) is 0 Å². The summed E-state index contributed by atoms with van der Waals surface area (Å²) in [5.74, 6) is -1.53. The van der Waals surface area contributed by atoms with Crippen molar-refractivity contribution in [3.05, 3.63) is 106 Å². The van der Waals surface area contributed by atoms with E-state index in [0.717, 1.165) is 32.9 Å². The number of hydrogen-bond acceptors (Lipinski definition) is 3. The molecule has 0 saturated carbocycles. The van der Waals surface area contributed by atoms with E-state index in [1.165, 1.54) is 4.90 Å². The lowest BCUT2D eigenvalue weighted by atomic mass is 9.94. The molecule has 1 aliphatic rings. The summed E-state index contributed by atoms with van der Waals surface area (Å²) in [5.41, 5.74) is 4.09. The smallest absolute Gasteiger partial charge is 0.300 e. The average molecular weight is 515 g/mol. The molecule has 6 heteroatoms. The van der Waals surface area contributed by atoms with E-state index in [0.29, 0.717) is 11.3 Å². The predicted molar refractivity (Wildman–Crippen MR) is 138 cm³/mol. The number of aliphatic hydroxyl groups is 1. The van der Waals surface area contributed by atoms with Crippen LogP contribution in [0.25, 0.3) is 16.7 Å². The van der Waals surface area contributed by atoms with Crippen molar-refractivity contribution in [3.8, 4) is 0 Å². The zero-order valence-electron chi connectivity index (χ0n) is 18.8. The van der Waals surface area contributed by atoms with Gasteiger partial charge in [0.25, 0.3) is 11.7 Å². The third kappa shape index (κ3) is 3.55. The van der Waals surface area contributed by atoms with Crippen LogP contribution in [0.15, 0.2) is 89.0 Å². The van der Waals surface area contributed by atoms with Crippen LogP contribution in [0.2, 0.25) is 0 Å². The van der Waals surface area contributed by atoms with Crippen LogP contribution in [-0.2, 0) is 23.1 Å². The Morgan fingerprint density at radius 1 is 0.971 bits per heavy atom. The topological polar surface area (TPSA) is 62.5 Å². The van der Waals surface area contributed by atoms with E-state index in [9.17, 15) is 14.7 Å². The lowest BCUT2D eigenvalue weighted by Crippen LogP contribution is -2.29. The molecule has 34 heavy (non-hydrogen) atoms. The number of ketones is 1. The molecule has 0 radical (unpaired) electrons. The molecule has 1 fully saturated rings. The van der Waals surface area contributed by atoms with Crippen molar-refractivity contribution in [1.82, 2.24) is 4.57 Å². The van der Waals surface area contributed by atoms with E-state index in [4.69, 9.17) is 0 Å². The zero-order valence-corrected chi connectivity index (χ0v) is 20.4. The molecule has 4 aromatic rings. The Hall–Kier alpha value is -3.64. The zero-order chi connectivity index (χ0) is 24.0. The van der Waals surface area contributed by atoms with Gasteiger partial charge in [0.15, 0.2) is 0 Å². The number of anilines is 1. The average Bonchev–Trinajstić information content (AvgIpc) is 3.32. The number of aromatic nitrogens is 1. The summed E-state index contributed by atoms with van der Waals surface area (Å²) in [6.45, 7) is 2.07. The minimum atomic E-state index is -0.762. The van der Waals surface area contributed by atoms with Crippen molar-refractivity contribution in [1.29, 1.82) is 0 Å². The van der Waals surface area contributed by atoms with Gasteiger partial charge in [-0.2, -0.15) is 0 Å². The molecular weight excluding hydrogens is 492 g/mol. The molecule has 0 bridgehead atoms. The maximum atomic E-state index is 13.4. The van der Waals surface area contributed by atoms with Crippen LogP contribution in [-0.4, -0.2) is 21.4 Å². The number of benzene rings is 3. The van der Waals surface area contributed by atoms with E-state index < -0.39 is 17.7 Å². The highest BCUT2D eigenvalue weighted by Gasteiger charge is 2.47. The number of aryl methyl sites for hydroxylation is 2. The second-order valence-electron chi connectivity index (χ2n) is 8.41. The molecule has 3 aromatic carbocycles. The van der Waals surface area contributed by atoms with Crippen LogP contribution in [0.4, 0.5) is 5.69 Å². The van der Waals surface area contributed by atoms with Gasteiger partial charge in [-0.1, -0.05) is 65.3 Å². The van der Waals surface area contributed by atoms with Crippen LogP contribution >= 0.6 is 15.9 Å². The third-order valence-electron chi connectivity index (χ3n) is 6.41. The number of halogens is 1. The molecule has 1 aliphatic heterocycles. The number of carbonyl (C=O) groups excluding carboxylic acids is 2. The fourth-order valence-electron chi connectivity index (χ4n) is 4.64. The maximum absolute atomic E-state index is 13.4. The van der Waals surface area contributed by atoms with E-state index in [-0.39, 0.29) is 11.3 Å². The molecule has 1 unspecified atom stereocenters. The summed E-state index contributed by atoms with van der Waals surface area (Å²) in [6, 6.07) is 21.8. The summed E-state index contributed by atoms with van der Waals surface area (Å²) in [5, 5.41) is 12.2. The predicted octanol–water partition coefficient (Wildman–Crippen LogP) is 6.13. The van der Waals surface area contributed by atoms with Gasteiger partial charge in [0.2, 0.25) is 0 Å². The van der Waals surface area contributed by atoms with Gasteiger partial charge in [-0.25, -0.2) is 0 Å². The van der Waals surface area contributed by atoms with Gasteiger partial charge >= 0.3 is 0 Å². The molecular formula is C28H23BrN2O3. The van der Waals surface area contributed by atoms with Gasteiger partial charge in [0.05, 0.1) is 11.6 Å². The van der Waals surface area contributed by atoms with E-state index in [1.54, 1.807) is 24.3 Å². The number of hydrogen-bond donors (Lipinski definition) is 1. The van der Waals surface area contributed by atoms with Gasteiger partial charge in [-0.3, -0.25) is 14.5 Å². The van der Waals surface area contributed by atoms with E-state index >= 15 is 0 Å². The summed E-state index contributed by atoms with van der Waals surface area (Å²) in [7, 11) is 1.93. The van der Waals surface area contributed by atoms with Crippen LogP contribution in [0.1, 0.15) is 29.7 Å². The van der Waals surface area contributed by atoms with Crippen molar-refractivity contribution < 1.29 is 14.7 Å². The van der Waals surface area contributed by atoms with Crippen molar-refractivity contribution in [2.24, 2.45) is 7.05 Å². The van der Waals surface area contributed by atoms with Gasteiger partial charge in [0.1, 0.15) is 5.76 Å². The van der Waals surface area contributed by atoms with Gasteiger partial charge < -0.3 is 9.67 Å². The second kappa shape index (κ2) is 8.61. The summed E-state index contributed by atoms with van der Waals surface area (Å²) < 4.78 is 2.83. The number of para-hydroxylation sites is 1. The lowest BCUT2D eigenvalue weighted by molar-refractivity contribution is -0.132. The largest absolute Gasteiger partial charge is 0.507 e. The molecule has 1 N–H and O–H groups in total. The minimum Gasteiger partial charge on any atom is -0.507 e. The Morgan fingerprint density at radius 2 is 1.65 bits per heavy atom. The molecule has 5 nitrogen and oxygen atoms in total. The van der Waals surface area contributed by atoms with Crippen LogP contribution in [0, 0.1) is 0 Å². The van der Waals surface area contributed by atoms with Gasteiger partial charge in [-0.05, 0) is 42.3 Å². The lowest BCUT2D eigenvalue weighted by Gasteiger charge is -2.25. The highest BCUT2D eigenvalue weighted by atomic mass is 79.9. The first-order chi connectivity index (χ1) is 16.4. The van der Waals surface area contributed by atoms with E-state index in [1.807, 2.05) is 66.3 Å². The highest BCUT2D eigenvalue weighted by molar-refractivity contribution is 9.10. The molecule has 1 amide bonds. The minimum absolute atomic E-state index is 0.0863. The maximum Gasteiger partial charge on any atom is 0.300 e. The standard InChI is InChI=1S/C28H23BrN2O3/c1-3-17-8-14-20(15-9-17)31-25(22-16-30(2)23-7-5-4-6-21(22)23)24(27(33)28(31)34)26(32)18-10-12-19(29)13-11-18/h4-16,25,32H,3H2,1-2H3/b26-24+. The van der Waals surface area contributed by atoms with Crippen molar-refractivity contribution in [3.63, 3.8) is 0 Å². The molecule has 1 aromatic heterocycles. The van der Waals surface area contributed by atoms with Crippen molar-refractivity contribution in [2.45, 2.75) is 19.4 Å². The number of fused-ring (bicyclic) bond motifs is 1. The Morgan fingerprint density at radius 3 is 2.32 bits per heavy atom. The SMILES string of the molecule is CCc1ccc(N2C(=O)C(=O)/C(=C(/O)c3ccc(Br)cc3)C2c2cn(C)c3ccccc23)cc1. The first-order valence-corrected chi connectivity index (χ1v) is 11.9. The molecule has 0 aliphatic carbocycles. The van der Waals surface area contributed by atoms with E-state index in [2.05, 4.69) is 22.9 Å². The quantitative estimate of drug-likeness (QED) is 0.202. The first kappa shape index (κ1) is 22.2. The fraction of sp³-hybridized carbons (Fsp3) is 0.143. The number of nitrogens with zero attached hydrogens (tertiary/aromatic N) is 2. The molecule has 1 atom stereocenters. The molecule has 170 valence electrons. The molecule has 1 saturated heterocycles. The van der Waals surface area contributed by atoms with Crippen molar-refractivity contribution in [2.75, 3.05) is 4.90 Å². The monoisotopic (exact) mass is 514 g/mol. The fourth-order valence-corrected chi connectivity index (χ4v) is 4.90. The van der Waals surface area contributed by atoms with Crippen LogP contribution in [0.5, 0.6) is 0 Å². The molecule has 0 spiro atoms. The Labute approximate surface area is 206 Å². The Kier molecular flexibility index (Phi) is 5.62. The third-order valence-corrected chi connectivity index (χ3v) is 6.94. The van der Waals surface area contributed by atoms with Crippen LogP contribution < -0.4 is 4.90 Å². The van der Waals surface area contributed by atoms with Gasteiger partial charge in [0, 0.05) is 45.4 Å². The number of aliphatic hydroxyl groups excluding tert-OH is 1. The first-order valence-electron chi connectivity index (χ1n) is 11.1. The molecule has 5 rings (SSSR count). The summed E-state index contributed by atoms with van der Waals surface area (Å²) >= 11 is 3.40. The summed E-state index contributed by atoms with van der Waals surface area (Å²) in [4.78, 5) is 28.3.